The Labute approximate surface area is 186 Å². The molecule has 164 valence electrons. The molecule has 1 N–H and O–H groups in total. The average Bonchev–Trinajstić information content (AvgIpc) is 3.26. The monoisotopic (exact) mass is 450 g/mol. The van der Waals surface area contributed by atoms with Crippen LogP contribution in [-0.4, -0.2) is 39.5 Å². The summed E-state index contributed by atoms with van der Waals surface area (Å²) < 4.78 is 6.98. The largest absolute Gasteiger partial charge is 0.465 e. The summed E-state index contributed by atoms with van der Waals surface area (Å²) in [6, 6.07) is 0. The van der Waals surface area contributed by atoms with Crippen LogP contribution in [0.25, 0.3) is 0 Å². The lowest BCUT2D eigenvalue weighted by molar-refractivity contribution is -0.113. The highest BCUT2D eigenvalue weighted by Crippen LogP contribution is 2.33. The third-order valence-corrected chi connectivity index (χ3v) is 7.76. The van der Waals surface area contributed by atoms with Crippen molar-refractivity contribution in [2.24, 2.45) is 5.92 Å². The van der Waals surface area contributed by atoms with Gasteiger partial charge in [-0.25, -0.2) is 4.79 Å². The minimum Gasteiger partial charge on any atom is -0.465 e. The lowest BCUT2D eigenvalue weighted by Crippen LogP contribution is -2.17. The normalized spacial score (nSPS) is 14.7. The molecule has 3 rings (SSSR count). The maximum absolute atomic E-state index is 12.6. The molecular weight excluding hydrogens is 420 g/mol. The number of ether oxygens (including phenoxy) is 1. The molecule has 1 amide bonds. The van der Waals surface area contributed by atoms with E-state index in [1.165, 1.54) is 62.3 Å². The van der Waals surface area contributed by atoms with Crippen molar-refractivity contribution >= 4 is 40.0 Å². The molecule has 1 saturated carbocycles. The van der Waals surface area contributed by atoms with Gasteiger partial charge in [-0.3, -0.25) is 4.79 Å². The highest BCUT2D eigenvalue weighted by molar-refractivity contribution is 7.99. The van der Waals surface area contributed by atoms with E-state index in [0.29, 0.717) is 16.5 Å². The number of rotatable bonds is 8. The molecule has 0 unspecified atom stereocenters. The maximum Gasteiger partial charge on any atom is 0.341 e. The SMILES string of the molecule is CCn1c(CC2CCCCC2)nnc1SCC(=O)Nc1sc(C)c(C)c1C(=O)OC. The molecule has 7 nitrogen and oxygen atoms in total. The molecule has 0 saturated heterocycles. The Morgan fingerprint density at radius 2 is 1.97 bits per heavy atom. The van der Waals surface area contributed by atoms with E-state index < -0.39 is 5.97 Å². The van der Waals surface area contributed by atoms with Crippen LogP contribution in [0, 0.1) is 19.8 Å². The number of amides is 1. The first kappa shape index (κ1) is 22.8. The van der Waals surface area contributed by atoms with Gasteiger partial charge in [0.15, 0.2) is 5.16 Å². The van der Waals surface area contributed by atoms with Crippen molar-refractivity contribution in [2.75, 3.05) is 18.2 Å². The van der Waals surface area contributed by atoms with Gasteiger partial charge < -0.3 is 14.6 Å². The molecule has 0 aliphatic heterocycles. The molecule has 30 heavy (non-hydrogen) atoms. The van der Waals surface area contributed by atoms with Crippen molar-refractivity contribution in [1.82, 2.24) is 14.8 Å². The molecule has 2 heterocycles. The van der Waals surface area contributed by atoms with Gasteiger partial charge in [-0.15, -0.1) is 21.5 Å². The summed E-state index contributed by atoms with van der Waals surface area (Å²) in [7, 11) is 1.35. The molecular formula is C21H30N4O3S2. The molecule has 2 aromatic rings. The Hall–Kier alpha value is -1.87. The molecule has 1 aliphatic rings. The fourth-order valence-electron chi connectivity index (χ4n) is 3.90. The molecule has 0 atom stereocenters. The summed E-state index contributed by atoms with van der Waals surface area (Å²) in [5.74, 6) is 1.31. The van der Waals surface area contributed by atoms with Gasteiger partial charge in [0.2, 0.25) is 5.91 Å². The Morgan fingerprint density at radius 1 is 1.23 bits per heavy atom. The molecule has 9 heteroatoms. The molecule has 1 fully saturated rings. The molecule has 0 spiro atoms. The van der Waals surface area contributed by atoms with Crippen LogP contribution >= 0.6 is 23.1 Å². The standard InChI is InChI=1S/C21H30N4O3S2/c1-5-25-16(11-15-9-7-6-8-10-15)23-24-21(25)29-12-17(26)22-19-18(20(27)28-4)13(2)14(3)30-19/h15H,5-12H2,1-4H3,(H,22,26). The van der Waals surface area contributed by atoms with Gasteiger partial charge in [-0.1, -0.05) is 43.9 Å². The molecule has 1 aliphatic carbocycles. The number of nitrogens with zero attached hydrogens (tertiary/aromatic N) is 3. The van der Waals surface area contributed by atoms with Crippen molar-refractivity contribution in [1.29, 1.82) is 0 Å². The minimum absolute atomic E-state index is 0.175. The number of carbonyl (C=O) groups is 2. The summed E-state index contributed by atoms with van der Waals surface area (Å²) in [5.41, 5.74) is 1.28. The second-order valence-electron chi connectivity index (χ2n) is 7.67. The topological polar surface area (TPSA) is 86.1 Å². The Kier molecular flexibility index (Phi) is 7.93. The van der Waals surface area contributed by atoms with E-state index in [4.69, 9.17) is 4.74 Å². The molecule has 0 aromatic carbocycles. The first-order chi connectivity index (χ1) is 14.4. The lowest BCUT2D eigenvalue weighted by Gasteiger charge is -2.21. The Balaban J connectivity index is 1.62. The van der Waals surface area contributed by atoms with Crippen LogP contribution < -0.4 is 5.32 Å². The number of anilines is 1. The fourth-order valence-corrected chi connectivity index (χ4v) is 5.79. The zero-order chi connectivity index (χ0) is 21.7. The van der Waals surface area contributed by atoms with Crippen LogP contribution in [0.4, 0.5) is 5.00 Å². The summed E-state index contributed by atoms with van der Waals surface area (Å²) in [4.78, 5) is 25.6. The van der Waals surface area contributed by atoms with E-state index in [2.05, 4.69) is 27.0 Å². The smallest absolute Gasteiger partial charge is 0.341 e. The van der Waals surface area contributed by atoms with Gasteiger partial charge in [-0.2, -0.15) is 0 Å². The number of aromatic nitrogens is 3. The number of thioether (sulfide) groups is 1. The fraction of sp³-hybridized carbons (Fsp3) is 0.619. The Morgan fingerprint density at radius 3 is 2.63 bits per heavy atom. The predicted molar refractivity (Wildman–Crippen MR) is 120 cm³/mol. The van der Waals surface area contributed by atoms with Crippen LogP contribution in [0.5, 0.6) is 0 Å². The predicted octanol–water partition coefficient (Wildman–Crippen LogP) is 4.62. The van der Waals surface area contributed by atoms with Crippen LogP contribution in [0.2, 0.25) is 0 Å². The van der Waals surface area contributed by atoms with Gasteiger partial charge in [0.25, 0.3) is 0 Å². The second-order valence-corrected chi connectivity index (χ2v) is 9.83. The number of aryl methyl sites for hydroxylation is 1. The number of hydrogen-bond acceptors (Lipinski definition) is 7. The van der Waals surface area contributed by atoms with E-state index in [1.54, 1.807) is 0 Å². The first-order valence-electron chi connectivity index (χ1n) is 10.5. The number of thiophene rings is 1. The van der Waals surface area contributed by atoms with E-state index in [0.717, 1.165) is 34.4 Å². The van der Waals surface area contributed by atoms with Crippen molar-refractivity contribution < 1.29 is 14.3 Å². The highest BCUT2D eigenvalue weighted by atomic mass is 32.2. The van der Waals surface area contributed by atoms with E-state index in [-0.39, 0.29) is 11.7 Å². The van der Waals surface area contributed by atoms with Gasteiger partial charge in [0, 0.05) is 17.8 Å². The van der Waals surface area contributed by atoms with Crippen LogP contribution in [0.3, 0.4) is 0 Å². The summed E-state index contributed by atoms with van der Waals surface area (Å²) in [6.45, 7) is 6.65. The van der Waals surface area contributed by atoms with Crippen LogP contribution in [0.1, 0.15) is 65.7 Å². The third kappa shape index (κ3) is 5.24. The molecule has 0 bridgehead atoms. The van der Waals surface area contributed by atoms with Crippen LogP contribution in [0.15, 0.2) is 5.16 Å². The van der Waals surface area contributed by atoms with Crippen LogP contribution in [-0.2, 0) is 22.5 Å². The van der Waals surface area contributed by atoms with Gasteiger partial charge >= 0.3 is 5.97 Å². The quantitative estimate of drug-likeness (QED) is 0.467. The minimum atomic E-state index is -0.433. The molecule has 2 aromatic heterocycles. The second kappa shape index (κ2) is 10.4. The third-order valence-electron chi connectivity index (χ3n) is 5.67. The lowest BCUT2D eigenvalue weighted by atomic mass is 9.87. The number of hydrogen-bond donors (Lipinski definition) is 1. The van der Waals surface area contributed by atoms with Gasteiger partial charge in [-0.05, 0) is 32.3 Å². The van der Waals surface area contributed by atoms with Crippen molar-refractivity contribution in [3.63, 3.8) is 0 Å². The number of methoxy groups -OCH3 is 1. The highest BCUT2D eigenvalue weighted by Gasteiger charge is 2.23. The van der Waals surface area contributed by atoms with E-state index in [1.807, 2.05) is 13.8 Å². The van der Waals surface area contributed by atoms with Gasteiger partial charge in [0.05, 0.1) is 18.4 Å². The summed E-state index contributed by atoms with van der Waals surface area (Å²) in [5, 5.41) is 12.9. The zero-order valence-electron chi connectivity index (χ0n) is 18.1. The van der Waals surface area contributed by atoms with E-state index in [9.17, 15) is 9.59 Å². The average molecular weight is 451 g/mol. The maximum atomic E-state index is 12.6. The van der Waals surface area contributed by atoms with Gasteiger partial charge in [0.1, 0.15) is 10.8 Å². The zero-order valence-corrected chi connectivity index (χ0v) is 19.8. The summed E-state index contributed by atoms with van der Waals surface area (Å²) >= 11 is 2.77. The number of nitrogens with one attached hydrogen (secondary N) is 1. The van der Waals surface area contributed by atoms with Crippen molar-refractivity contribution in [2.45, 2.75) is 71.0 Å². The van der Waals surface area contributed by atoms with Crippen molar-refractivity contribution in [3.8, 4) is 0 Å². The number of carbonyl (C=O) groups excluding carboxylic acids is 2. The van der Waals surface area contributed by atoms with Crippen molar-refractivity contribution in [3.05, 3.63) is 21.8 Å². The molecule has 0 radical (unpaired) electrons. The summed E-state index contributed by atoms with van der Waals surface area (Å²) in [6.07, 6.45) is 7.45. The number of esters is 1. The van der Waals surface area contributed by atoms with E-state index >= 15 is 0 Å². The first-order valence-corrected chi connectivity index (χ1v) is 12.3. The Bertz CT molecular complexity index is 900.